The highest BCUT2D eigenvalue weighted by molar-refractivity contribution is 7.89. The summed E-state index contributed by atoms with van der Waals surface area (Å²) < 4.78 is 65.4. The number of piperidine rings is 1. The quantitative estimate of drug-likeness (QED) is 0.222. The molecule has 7 rings (SSSR count). The maximum absolute atomic E-state index is 14.7. The van der Waals surface area contributed by atoms with Gasteiger partial charge in [-0.05, 0) is 96.0 Å². The van der Waals surface area contributed by atoms with Gasteiger partial charge in [0.25, 0.3) is 5.92 Å². The minimum atomic E-state index is -4.18. The van der Waals surface area contributed by atoms with E-state index in [1.807, 2.05) is 71.6 Å². The van der Waals surface area contributed by atoms with Crippen LogP contribution in [0.5, 0.6) is 5.75 Å². The first-order chi connectivity index (χ1) is 24.0. The van der Waals surface area contributed by atoms with E-state index in [0.29, 0.717) is 18.1 Å². The number of likely N-dealkylation sites (tertiary alicyclic amines) is 1. The van der Waals surface area contributed by atoms with Gasteiger partial charge in [-0.25, -0.2) is 17.2 Å². The second-order valence-corrected chi connectivity index (χ2v) is 16.0. The summed E-state index contributed by atoms with van der Waals surface area (Å²) in [5, 5.41) is 2.22. The third kappa shape index (κ3) is 7.38. The first-order valence-corrected chi connectivity index (χ1v) is 19.0. The van der Waals surface area contributed by atoms with Crippen LogP contribution < -0.4 is 10.5 Å². The second kappa shape index (κ2) is 14.2. The Hall–Kier alpha value is -3.61. The number of fused-ring (bicyclic) bond motifs is 1. The lowest BCUT2D eigenvalue weighted by atomic mass is 10.0. The second-order valence-electron chi connectivity index (χ2n) is 13.7. The summed E-state index contributed by atoms with van der Waals surface area (Å²) >= 11 is 6.04. The van der Waals surface area contributed by atoms with Crippen LogP contribution in [-0.2, 0) is 21.4 Å². The summed E-state index contributed by atoms with van der Waals surface area (Å²) in [6, 6.07) is 23.5. The number of ether oxygens (including phenoxy) is 1. The van der Waals surface area contributed by atoms with Crippen molar-refractivity contribution in [3.8, 4) is 16.9 Å². The average Bonchev–Trinajstić information content (AvgIpc) is 3.62. The van der Waals surface area contributed by atoms with E-state index < -0.39 is 40.5 Å². The Bertz CT molecular complexity index is 1960. The molecular formula is C38H41ClF2N4O4S. The molecule has 4 aromatic rings. The molecule has 4 aromatic carbocycles. The van der Waals surface area contributed by atoms with Crippen molar-refractivity contribution in [3.63, 3.8) is 0 Å². The molecular weight excluding hydrogens is 682 g/mol. The van der Waals surface area contributed by atoms with Crippen LogP contribution in [-0.4, -0.2) is 85.3 Å². The lowest BCUT2D eigenvalue weighted by Crippen LogP contribution is -2.64. The number of amides is 1. The van der Waals surface area contributed by atoms with Gasteiger partial charge in [-0.2, -0.15) is 4.31 Å². The molecule has 0 radical (unpaired) electrons. The number of carbonyl (C=O) groups is 1. The van der Waals surface area contributed by atoms with Gasteiger partial charge in [0.15, 0.2) is 0 Å². The number of hydrogen-bond acceptors (Lipinski definition) is 6. The maximum Gasteiger partial charge on any atom is 0.280 e. The minimum Gasteiger partial charge on any atom is -0.490 e. The van der Waals surface area contributed by atoms with Crippen molar-refractivity contribution in [2.75, 3.05) is 32.7 Å². The van der Waals surface area contributed by atoms with E-state index in [1.165, 1.54) is 4.31 Å². The van der Waals surface area contributed by atoms with E-state index >= 15 is 0 Å². The van der Waals surface area contributed by atoms with E-state index in [4.69, 9.17) is 22.1 Å². The largest absolute Gasteiger partial charge is 0.490 e. The predicted octanol–water partition coefficient (Wildman–Crippen LogP) is 6.55. The number of carbonyl (C=O) groups excluding carboxylic acids is 1. The van der Waals surface area contributed by atoms with Gasteiger partial charge >= 0.3 is 0 Å². The number of piperazine rings is 1. The van der Waals surface area contributed by atoms with Gasteiger partial charge in [-0.3, -0.25) is 9.69 Å². The number of alkyl halides is 2. The zero-order valence-electron chi connectivity index (χ0n) is 27.7. The van der Waals surface area contributed by atoms with Gasteiger partial charge in [0.2, 0.25) is 15.9 Å². The summed E-state index contributed by atoms with van der Waals surface area (Å²) in [6.07, 6.45) is 4.50. The molecule has 2 saturated heterocycles. The Morgan fingerprint density at radius 3 is 2.22 bits per heavy atom. The first-order valence-electron chi connectivity index (χ1n) is 17.2. The van der Waals surface area contributed by atoms with E-state index in [-0.39, 0.29) is 37.1 Å². The lowest BCUT2D eigenvalue weighted by Gasteiger charge is -2.43. The average molecular weight is 723 g/mol. The molecule has 264 valence electrons. The maximum atomic E-state index is 14.7. The van der Waals surface area contributed by atoms with Crippen molar-refractivity contribution in [2.24, 2.45) is 5.73 Å². The van der Waals surface area contributed by atoms with Crippen LogP contribution >= 0.6 is 11.6 Å². The van der Waals surface area contributed by atoms with Gasteiger partial charge in [0, 0.05) is 37.7 Å². The topological polar surface area (TPSA) is 96.2 Å². The number of hydrogen-bond donors (Lipinski definition) is 1. The molecule has 2 heterocycles. The van der Waals surface area contributed by atoms with E-state index in [2.05, 4.69) is 0 Å². The summed E-state index contributed by atoms with van der Waals surface area (Å²) in [6.45, 7) is 0.0928. The number of nitrogens with zero attached hydrogens (tertiary/aromatic N) is 3. The fraction of sp³-hybridized carbons (Fsp3) is 0.395. The van der Waals surface area contributed by atoms with Gasteiger partial charge in [-0.15, -0.1) is 0 Å². The Labute approximate surface area is 296 Å². The molecule has 2 aliphatic heterocycles. The van der Waals surface area contributed by atoms with E-state index in [0.717, 1.165) is 63.8 Å². The number of nitrogens with two attached hydrogens (primary N) is 1. The molecule has 12 heteroatoms. The van der Waals surface area contributed by atoms with Gasteiger partial charge < -0.3 is 15.4 Å². The summed E-state index contributed by atoms with van der Waals surface area (Å²) in [4.78, 5) is 17.2. The van der Waals surface area contributed by atoms with Crippen LogP contribution in [0, 0.1) is 0 Å². The molecule has 1 amide bonds. The molecule has 0 bridgehead atoms. The number of benzene rings is 4. The zero-order chi connectivity index (χ0) is 35.0. The third-order valence-corrected chi connectivity index (χ3v) is 12.4. The molecule has 3 fully saturated rings. The van der Waals surface area contributed by atoms with Crippen LogP contribution in [0.2, 0.25) is 5.02 Å². The molecule has 0 spiro atoms. The first kappa shape index (κ1) is 34.8. The van der Waals surface area contributed by atoms with Crippen LogP contribution in [0.4, 0.5) is 8.78 Å². The highest BCUT2D eigenvalue weighted by Gasteiger charge is 2.48. The van der Waals surface area contributed by atoms with E-state index in [9.17, 15) is 22.0 Å². The molecule has 1 aliphatic carbocycles. The number of halogens is 3. The normalized spacial score (nSPS) is 22.2. The SMILES string of the molecule is N[C@H]1CCN(C(=O)[C@@H]2CN(Cc3ccc(-c4ccc(Cl)cc4)cc3)CCN2S(=O)(=O)c2ccc3cc(OC4CCCC4)ccc3c2)CC1(F)F. The molecule has 8 nitrogen and oxygen atoms in total. The molecule has 2 N–H and O–H groups in total. The molecule has 50 heavy (non-hydrogen) atoms. The van der Waals surface area contributed by atoms with Crippen molar-refractivity contribution in [1.82, 2.24) is 14.1 Å². The van der Waals surface area contributed by atoms with Gasteiger partial charge in [0.05, 0.1) is 23.6 Å². The van der Waals surface area contributed by atoms with Crippen molar-refractivity contribution in [1.29, 1.82) is 0 Å². The van der Waals surface area contributed by atoms with Crippen LogP contribution in [0.25, 0.3) is 21.9 Å². The Kier molecular flexibility index (Phi) is 9.88. The third-order valence-electron chi connectivity index (χ3n) is 10.2. The monoisotopic (exact) mass is 722 g/mol. The summed E-state index contributed by atoms with van der Waals surface area (Å²) in [7, 11) is -4.18. The van der Waals surface area contributed by atoms with Crippen molar-refractivity contribution >= 4 is 38.3 Å². The highest BCUT2D eigenvalue weighted by atomic mass is 35.5. The molecule has 2 atom stereocenters. The minimum absolute atomic E-state index is 0.0253. The fourth-order valence-electron chi connectivity index (χ4n) is 7.28. The molecule has 1 saturated carbocycles. The lowest BCUT2D eigenvalue weighted by molar-refractivity contribution is -0.149. The summed E-state index contributed by atoms with van der Waals surface area (Å²) in [5.41, 5.74) is 8.69. The van der Waals surface area contributed by atoms with Gasteiger partial charge in [-0.1, -0.05) is 60.1 Å². The van der Waals surface area contributed by atoms with Crippen molar-refractivity contribution in [2.45, 2.75) is 67.7 Å². The van der Waals surface area contributed by atoms with Crippen LogP contribution in [0.1, 0.15) is 37.7 Å². The Morgan fingerprint density at radius 2 is 1.52 bits per heavy atom. The van der Waals surface area contributed by atoms with Gasteiger partial charge in [0.1, 0.15) is 11.8 Å². The van der Waals surface area contributed by atoms with Crippen molar-refractivity contribution in [3.05, 3.63) is 95.5 Å². The smallest absolute Gasteiger partial charge is 0.280 e. The zero-order valence-corrected chi connectivity index (χ0v) is 29.3. The molecule has 0 aromatic heterocycles. The Morgan fingerprint density at radius 1 is 0.860 bits per heavy atom. The van der Waals surface area contributed by atoms with Crippen LogP contribution in [0.15, 0.2) is 89.8 Å². The Balaban J connectivity index is 1.13. The number of sulfonamides is 1. The standard InChI is InChI=1S/C38H41ClF2N4O4S/c39-31-13-9-28(10-14-31)27-7-5-26(6-8-27)23-43-19-20-45(35(24-43)37(46)44-18-17-36(42)38(40,41)25-44)50(47,48)34-16-12-29-21-33(15-11-30(29)22-34)49-32-3-1-2-4-32/h5-16,21-22,32,35-36H,1-4,17-20,23-25,42H2/t35-,36-/m0/s1. The highest BCUT2D eigenvalue weighted by Crippen LogP contribution is 2.32. The van der Waals surface area contributed by atoms with Crippen molar-refractivity contribution < 1.29 is 26.7 Å². The van der Waals surface area contributed by atoms with Crippen LogP contribution in [0.3, 0.4) is 0 Å². The predicted molar refractivity (Wildman–Crippen MR) is 191 cm³/mol. The molecule has 0 unspecified atom stereocenters. The fourth-order valence-corrected chi connectivity index (χ4v) is 9.01. The summed E-state index contributed by atoms with van der Waals surface area (Å²) in [5.74, 6) is -3.16. The number of rotatable bonds is 8. The molecule has 3 aliphatic rings. The van der Waals surface area contributed by atoms with E-state index in [1.54, 1.807) is 18.2 Å².